The maximum Gasteiger partial charge on any atom is 0.270 e. The highest BCUT2D eigenvalue weighted by Crippen LogP contribution is 2.54. The van der Waals surface area contributed by atoms with Crippen LogP contribution in [-0.2, 0) is 17.8 Å². The van der Waals surface area contributed by atoms with E-state index < -0.39 is 18.3 Å². The van der Waals surface area contributed by atoms with Crippen molar-refractivity contribution in [3.8, 4) is 0 Å². The number of carbonyl (C=O) groups excluding carboxylic acids is 2. The Bertz CT molecular complexity index is 1320. The molecule has 2 N–H and O–H groups in total. The summed E-state index contributed by atoms with van der Waals surface area (Å²) < 4.78 is 29.9. The monoisotopic (exact) mass is 525 g/mol. The minimum Gasteiger partial charge on any atom is -0.355 e. The van der Waals surface area contributed by atoms with Crippen LogP contribution in [0.4, 0.5) is 8.78 Å². The lowest BCUT2D eigenvalue weighted by atomic mass is 9.87. The zero-order chi connectivity index (χ0) is 26.4. The Morgan fingerprint density at radius 3 is 2.61 bits per heavy atom. The van der Waals surface area contributed by atoms with Gasteiger partial charge in [0.25, 0.3) is 5.91 Å². The van der Waals surface area contributed by atoms with Crippen LogP contribution in [0.15, 0.2) is 30.6 Å². The number of piperidine rings is 1. The highest BCUT2D eigenvalue weighted by molar-refractivity contribution is 5.92. The van der Waals surface area contributed by atoms with Gasteiger partial charge in [-0.1, -0.05) is 0 Å². The second-order valence-corrected chi connectivity index (χ2v) is 11.0. The van der Waals surface area contributed by atoms with Crippen molar-refractivity contribution < 1.29 is 18.4 Å². The van der Waals surface area contributed by atoms with Crippen molar-refractivity contribution in [2.24, 2.45) is 29.6 Å². The third kappa shape index (κ3) is 5.02. The number of nitrogens with one attached hydrogen (secondary N) is 2. The van der Waals surface area contributed by atoms with E-state index in [4.69, 9.17) is 4.98 Å². The Morgan fingerprint density at radius 1 is 1.16 bits per heavy atom. The average Bonchev–Trinajstić information content (AvgIpc) is 3.83. The van der Waals surface area contributed by atoms with Crippen LogP contribution in [0.1, 0.15) is 66.9 Å². The first-order valence-electron chi connectivity index (χ1n) is 13.6. The molecule has 9 nitrogen and oxygen atoms in total. The van der Waals surface area contributed by atoms with Crippen molar-refractivity contribution in [3.05, 3.63) is 47.7 Å². The van der Waals surface area contributed by atoms with Gasteiger partial charge >= 0.3 is 0 Å². The second kappa shape index (κ2) is 10.1. The van der Waals surface area contributed by atoms with E-state index in [0.717, 1.165) is 5.69 Å². The predicted octanol–water partition coefficient (Wildman–Crippen LogP) is 3.41. The van der Waals surface area contributed by atoms with Crippen LogP contribution in [-0.4, -0.2) is 49.2 Å². The van der Waals surface area contributed by atoms with Crippen LogP contribution >= 0.6 is 0 Å². The summed E-state index contributed by atoms with van der Waals surface area (Å²) in [5.41, 5.74) is 2.58. The molecule has 2 amide bonds. The summed E-state index contributed by atoms with van der Waals surface area (Å²) in [5, 5.41) is 14.8. The number of carbonyl (C=O) groups is 2. The van der Waals surface area contributed by atoms with Crippen molar-refractivity contribution >= 4 is 17.5 Å². The molecule has 3 unspecified atom stereocenters. The number of halogens is 2. The van der Waals surface area contributed by atoms with Gasteiger partial charge in [-0.3, -0.25) is 14.3 Å². The average molecular weight is 526 g/mol. The predicted molar refractivity (Wildman–Crippen MR) is 134 cm³/mol. The van der Waals surface area contributed by atoms with E-state index in [0.29, 0.717) is 41.3 Å². The third-order valence-corrected chi connectivity index (χ3v) is 8.27. The molecule has 3 fully saturated rings. The van der Waals surface area contributed by atoms with Gasteiger partial charge in [0.15, 0.2) is 5.65 Å². The molecule has 202 valence electrons. The molecular formula is C27H33F2N7O2. The molecule has 1 aliphatic heterocycles. The first-order chi connectivity index (χ1) is 18.4. The normalized spacial score (nSPS) is 22.7. The van der Waals surface area contributed by atoms with E-state index in [9.17, 15) is 18.4 Å². The van der Waals surface area contributed by atoms with E-state index in [2.05, 4.69) is 20.8 Å². The van der Waals surface area contributed by atoms with Crippen LogP contribution < -0.4 is 10.6 Å². The molecule has 2 saturated carbocycles. The van der Waals surface area contributed by atoms with Gasteiger partial charge in [-0.25, -0.2) is 18.3 Å². The van der Waals surface area contributed by atoms with Crippen molar-refractivity contribution in [2.45, 2.75) is 64.5 Å². The molecule has 3 aromatic rings. The Kier molecular flexibility index (Phi) is 6.61. The molecule has 3 aliphatic rings. The first kappa shape index (κ1) is 24.9. The molecule has 1 saturated heterocycles. The van der Waals surface area contributed by atoms with Crippen LogP contribution in [0.25, 0.3) is 5.65 Å². The Labute approximate surface area is 219 Å². The fourth-order valence-corrected chi connectivity index (χ4v) is 6.00. The van der Waals surface area contributed by atoms with E-state index in [1.54, 1.807) is 27.5 Å². The fourth-order valence-electron chi connectivity index (χ4n) is 6.00. The van der Waals surface area contributed by atoms with Crippen LogP contribution in [0.2, 0.25) is 0 Å². The Morgan fingerprint density at radius 2 is 1.92 bits per heavy atom. The van der Waals surface area contributed by atoms with Gasteiger partial charge in [-0.15, -0.1) is 0 Å². The van der Waals surface area contributed by atoms with Crippen LogP contribution in [0.5, 0.6) is 0 Å². The number of aromatic nitrogens is 5. The van der Waals surface area contributed by atoms with E-state index in [1.165, 1.54) is 25.7 Å². The minimum atomic E-state index is -2.46. The second-order valence-electron chi connectivity index (χ2n) is 11.0. The number of fused-ring (bicyclic) bond motifs is 1. The molecular weight excluding hydrogens is 492 g/mol. The number of rotatable bonds is 10. The van der Waals surface area contributed by atoms with Gasteiger partial charge in [-0.2, -0.15) is 10.2 Å². The number of nitrogens with zero attached hydrogens (tertiary/aromatic N) is 5. The summed E-state index contributed by atoms with van der Waals surface area (Å²) in [6.07, 6.45) is 6.13. The molecule has 0 bridgehead atoms. The molecule has 4 heterocycles. The first-order valence-corrected chi connectivity index (χ1v) is 13.6. The number of hydrogen-bond donors (Lipinski definition) is 2. The number of imidazole rings is 1. The lowest BCUT2D eigenvalue weighted by Crippen LogP contribution is -2.44. The van der Waals surface area contributed by atoms with Crippen molar-refractivity contribution in [1.82, 2.24) is 35.0 Å². The van der Waals surface area contributed by atoms with Gasteiger partial charge in [0, 0.05) is 37.5 Å². The van der Waals surface area contributed by atoms with Gasteiger partial charge < -0.3 is 10.6 Å². The third-order valence-electron chi connectivity index (χ3n) is 8.27. The largest absolute Gasteiger partial charge is 0.355 e. The molecule has 2 aliphatic carbocycles. The highest BCUT2D eigenvalue weighted by atomic mass is 19.3. The van der Waals surface area contributed by atoms with E-state index in [1.807, 2.05) is 19.2 Å². The Hall–Kier alpha value is -3.37. The number of aryl methyl sites for hydroxylation is 1. The lowest BCUT2D eigenvalue weighted by Gasteiger charge is -2.28. The summed E-state index contributed by atoms with van der Waals surface area (Å²) in [5.74, 6) is -0.283. The summed E-state index contributed by atoms with van der Waals surface area (Å²) in [6, 6.07) is 5.13. The molecule has 11 heteroatoms. The zero-order valence-corrected chi connectivity index (χ0v) is 21.4. The van der Waals surface area contributed by atoms with Crippen molar-refractivity contribution in [2.75, 3.05) is 6.54 Å². The van der Waals surface area contributed by atoms with Crippen molar-refractivity contribution in [3.63, 3.8) is 0 Å². The smallest absolute Gasteiger partial charge is 0.270 e. The molecule has 0 spiro atoms. The molecule has 0 aromatic carbocycles. The van der Waals surface area contributed by atoms with Gasteiger partial charge in [0.2, 0.25) is 12.3 Å². The van der Waals surface area contributed by atoms with Crippen LogP contribution in [0, 0.1) is 29.6 Å². The van der Waals surface area contributed by atoms with Gasteiger partial charge in [-0.05, 0) is 75.0 Å². The van der Waals surface area contributed by atoms with Crippen molar-refractivity contribution in [1.29, 1.82) is 0 Å². The SMILES string of the molecule is CCn1nccc1C(=O)NC(c1cn2nc(CC3CC(C(F)F)CNC3=O)ccc2n1)C(C1CC1)C1CC1. The zero-order valence-electron chi connectivity index (χ0n) is 21.4. The molecule has 3 atom stereocenters. The number of amides is 2. The highest BCUT2D eigenvalue weighted by Gasteiger charge is 2.47. The maximum absolute atomic E-state index is 13.3. The van der Waals surface area contributed by atoms with Gasteiger partial charge in [0.1, 0.15) is 5.69 Å². The molecule has 6 rings (SSSR count). The van der Waals surface area contributed by atoms with Crippen LogP contribution in [0.3, 0.4) is 0 Å². The fraction of sp³-hybridized carbons (Fsp3) is 0.593. The van der Waals surface area contributed by atoms with Gasteiger partial charge in [0.05, 0.1) is 23.6 Å². The van der Waals surface area contributed by atoms with E-state index in [-0.39, 0.29) is 37.2 Å². The number of hydrogen-bond acceptors (Lipinski definition) is 5. The summed E-state index contributed by atoms with van der Waals surface area (Å²) in [4.78, 5) is 30.5. The number of alkyl halides is 2. The molecule has 3 aromatic heterocycles. The minimum absolute atomic E-state index is 0.0135. The summed E-state index contributed by atoms with van der Waals surface area (Å²) >= 11 is 0. The van der Waals surface area contributed by atoms with E-state index >= 15 is 0 Å². The molecule has 0 radical (unpaired) electrons. The Balaban J connectivity index is 1.27. The maximum atomic E-state index is 13.3. The lowest BCUT2D eigenvalue weighted by molar-refractivity contribution is -0.129. The quantitative estimate of drug-likeness (QED) is 0.422. The molecule has 38 heavy (non-hydrogen) atoms. The standard InChI is InChI=1S/C27H33F2N7O2/c1-2-35-21(9-10-31-35)27(38)33-24(23(15-3-4-15)16-5-6-16)20-14-36-22(32-20)8-7-19(34-36)12-17-11-18(25(28)29)13-30-26(17)37/h7-10,14-18,23-25H,2-6,11-13H2,1H3,(H,30,37)(H,33,38). The summed E-state index contributed by atoms with van der Waals surface area (Å²) in [7, 11) is 0. The topological polar surface area (TPSA) is 106 Å². The summed E-state index contributed by atoms with van der Waals surface area (Å²) in [6.45, 7) is 2.57.